The van der Waals surface area contributed by atoms with Crippen molar-refractivity contribution in [3.63, 3.8) is 0 Å². The molecule has 2 bridgehead atoms. The zero-order valence-corrected chi connectivity index (χ0v) is 16.0. The summed E-state index contributed by atoms with van der Waals surface area (Å²) in [7, 11) is 0. The van der Waals surface area contributed by atoms with Crippen LogP contribution in [0, 0.1) is 5.92 Å². The Morgan fingerprint density at radius 1 is 1.15 bits per heavy atom. The second kappa shape index (κ2) is 7.99. The molecule has 0 aromatic heterocycles. The van der Waals surface area contributed by atoms with Gasteiger partial charge < -0.3 is 5.32 Å². The first kappa shape index (κ1) is 18.5. The average Bonchev–Trinajstić information content (AvgIpc) is 2.73. The summed E-state index contributed by atoms with van der Waals surface area (Å²) in [5.41, 5.74) is 1.78. The third-order valence-electron chi connectivity index (χ3n) is 5.99. The van der Waals surface area contributed by atoms with Gasteiger partial charge in [-0.2, -0.15) is 0 Å². The Morgan fingerprint density at radius 2 is 1.89 bits per heavy atom. The van der Waals surface area contributed by atoms with Gasteiger partial charge in [0.05, 0.1) is 16.6 Å². The summed E-state index contributed by atoms with van der Waals surface area (Å²) < 4.78 is 13.1. The number of nitrogens with one attached hydrogen (secondary N) is 1. The number of alkyl halides is 1. The molecule has 3 nitrogen and oxygen atoms in total. The smallest absolute Gasteiger partial charge is 0.253 e. The van der Waals surface area contributed by atoms with Gasteiger partial charge >= 0.3 is 0 Å². The molecule has 3 aliphatic rings. The number of carbonyl (C=O) groups is 1. The number of nitrogens with zero attached hydrogens (tertiary/aromatic N) is 1. The van der Waals surface area contributed by atoms with E-state index in [2.05, 4.69) is 22.3 Å². The molecule has 0 saturated carbocycles. The van der Waals surface area contributed by atoms with Crippen LogP contribution in [0.2, 0.25) is 5.02 Å². The highest BCUT2D eigenvalue weighted by atomic mass is 35.5. The summed E-state index contributed by atoms with van der Waals surface area (Å²) in [4.78, 5) is 15.5. The molecule has 5 heteroatoms. The normalized spacial score (nSPS) is 25.2. The number of carbonyl (C=O) groups excluding carboxylic acids is 1. The standard InChI is InChI=1S/C22H24ClFN2O/c23-20-17(14-24)7-4-8-18(20)22(27)25-21(16-5-2-1-3-6-16)19-13-15-9-11-26(19)12-10-15/h1-8,15,19,21H,9-14H2,(H,25,27)/t19-,21-/m0/s1. The van der Waals surface area contributed by atoms with Crippen LogP contribution in [0.5, 0.6) is 0 Å². The Labute approximate surface area is 164 Å². The number of rotatable bonds is 5. The molecular weight excluding hydrogens is 363 g/mol. The van der Waals surface area contributed by atoms with Gasteiger partial charge in [0.15, 0.2) is 0 Å². The zero-order valence-electron chi connectivity index (χ0n) is 15.2. The second-order valence-electron chi connectivity index (χ2n) is 7.56. The lowest BCUT2D eigenvalue weighted by Crippen LogP contribution is -2.54. The Kier molecular flexibility index (Phi) is 5.46. The fourth-order valence-corrected chi connectivity index (χ4v) is 4.76. The minimum Gasteiger partial charge on any atom is -0.344 e. The van der Waals surface area contributed by atoms with Crippen LogP contribution >= 0.6 is 11.6 Å². The molecular formula is C22H24ClFN2O. The van der Waals surface area contributed by atoms with Crippen molar-refractivity contribution in [2.24, 2.45) is 5.92 Å². The molecule has 0 unspecified atom stereocenters. The maximum absolute atomic E-state index is 13.1. The highest BCUT2D eigenvalue weighted by Crippen LogP contribution is 2.38. The molecule has 0 radical (unpaired) electrons. The van der Waals surface area contributed by atoms with Crippen LogP contribution in [0.4, 0.5) is 4.39 Å². The number of halogens is 2. The van der Waals surface area contributed by atoms with E-state index in [0.29, 0.717) is 11.1 Å². The Bertz CT molecular complexity index is 805. The van der Waals surface area contributed by atoms with Crippen LogP contribution in [0.25, 0.3) is 0 Å². The lowest BCUT2D eigenvalue weighted by Gasteiger charge is -2.48. The second-order valence-corrected chi connectivity index (χ2v) is 7.93. The molecule has 2 atom stereocenters. The van der Waals surface area contributed by atoms with Crippen molar-refractivity contribution in [2.75, 3.05) is 13.1 Å². The van der Waals surface area contributed by atoms with Gasteiger partial charge in [-0.15, -0.1) is 0 Å². The maximum Gasteiger partial charge on any atom is 0.253 e. The molecule has 2 aromatic rings. The summed E-state index contributed by atoms with van der Waals surface area (Å²) in [5.74, 6) is 0.494. The van der Waals surface area contributed by atoms with E-state index in [4.69, 9.17) is 11.6 Å². The van der Waals surface area contributed by atoms with E-state index in [1.54, 1.807) is 18.2 Å². The number of amides is 1. The quantitative estimate of drug-likeness (QED) is 0.803. The molecule has 5 rings (SSSR count). The first-order chi connectivity index (χ1) is 13.2. The van der Waals surface area contributed by atoms with E-state index in [9.17, 15) is 9.18 Å². The van der Waals surface area contributed by atoms with Gasteiger partial charge in [-0.3, -0.25) is 9.69 Å². The van der Waals surface area contributed by atoms with Crippen molar-refractivity contribution in [1.82, 2.24) is 10.2 Å². The summed E-state index contributed by atoms with van der Waals surface area (Å²) in [5, 5.41) is 3.41. The lowest BCUT2D eigenvalue weighted by atomic mass is 9.79. The Morgan fingerprint density at radius 3 is 2.52 bits per heavy atom. The molecule has 2 aromatic carbocycles. The number of fused-ring (bicyclic) bond motifs is 3. The van der Waals surface area contributed by atoms with Crippen molar-refractivity contribution < 1.29 is 9.18 Å². The van der Waals surface area contributed by atoms with Crippen molar-refractivity contribution in [3.05, 3.63) is 70.2 Å². The van der Waals surface area contributed by atoms with Gasteiger partial charge in [0.25, 0.3) is 5.91 Å². The molecule has 3 fully saturated rings. The monoisotopic (exact) mass is 386 g/mol. The topological polar surface area (TPSA) is 32.3 Å². The van der Waals surface area contributed by atoms with E-state index < -0.39 is 6.67 Å². The van der Waals surface area contributed by atoms with Gasteiger partial charge in [-0.1, -0.05) is 54.1 Å². The first-order valence-electron chi connectivity index (χ1n) is 9.60. The predicted octanol–water partition coefficient (Wildman–Crippen LogP) is 4.76. The highest BCUT2D eigenvalue weighted by molar-refractivity contribution is 6.34. The first-order valence-corrected chi connectivity index (χ1v) is 9.98. The fraction of sp³-hybridized carbons (Fsp3) is 0.409. The largest absolute Gasteiger partial charge is 0.344 e. The van der Waals surface area contributed by atoms with Crippen LogP contribution in [0.1, 0.15) is 46.8 Å². The van der Waals surface area contributed by atoms with Crippen LogP contribution in [-0.2, 0) is 6.67 Å². The molecule has 27 heavy (non-hydrogen) atoms. The number of hydrogen-bond donors (Lipinski definition) is 1. The zero-order chi connectivity index (χ0) is 18.8. The summed E-state index contributed by atoms with van der Waals surface area (Å²) >= 11 is 6.27. The van der Waals surface area contributed by atoms with Crippen LogP contribution < -0.4 is 5.32 Å². The van der Waals surface area contributed by atoms with Gasteiger partial charge in [-0.05, 0) is 49.9 Å². The van der Waals surface area contributed by atoms with E-state index in [1.807, 2.05) is 18.2 Å². The number of benzene rings is 2. The molecule has 0 spiro atoms. The van der Waals surface area contributed by atoms with Gasteiger partial charge in [0.2, 0.25) is 0 Å². The maximum atomic E-state index is 13.1. The molecule has 1 N–H and O–H groups in total. The van der Waals surface area contributed by atoms with E-state index in [-0.39, 0.29) is 23.0 Å². The fourth-order valence-electron chi connectivity index (χ4n) is 4.50. The lowest BCUT2D eigenvalue weighted by molar-refractivity contribution is 0.0274. The average molecular weight is 387 g/mol. The Hall–Kier alpha value is -1.91. The summed E-state index contributed by atoms with van der Waals surface area (Å²) in [6.07, 6.45) is 3.59. The predicted molar refractivity (Wildman–Crippen MR) is 106 cm³/mol. The highest BCUT2D eigenvalue weighted by Gasteiger charge is 2.39. The number of hydrogen-bond acceptors (Lipinski definition) is 2. The van der Waals surface area contributed by atoms with Crippen molar-refractivity contribution >= 4 is 17.5 Å². The third-order valence-corrected chi connectivity index (χ3v) is 6.44. The van der Waals surface area contributed by atoms with Gasteiger partial charge in [-0.25, -0.2) is 4.39 Å². The van der Waals surface area contributed by atoms with E-state index >= 15 is 0 Å². The molecule has 3 aliphatic heterocycles. The summed E-state index contributed by atoms with van der Waals surface area (Å²) in [6, 6.07) is 15.2. The SMILES string of the molecule is O=C(N[C@@H](c1ccccc1)[C@@H]1CC2CCN1CC2)c1cccc(CF)c1Cl. The molecule has 0 aliphatic carbocycles. The molecule has 3 saturated heterocycles. The van der Waals surface area contributed by atoms with Crippen molar-refractivity contribution in [3.8, 4) is 0 Å². The number of piperidine rings is 3. The Balaban J connectivity index is 1.63. The van der Waals surface area contributed by atoms with Crippen molar-refractivity contribution in [1.29, 1.82) is 0 Å². The minimum absolute atomic E-state index is 0.105. The van der Waals surface area contributed by atoms with E-state index in [0.717, 1.165) is 31.0 Å². The summed E-state index contributed by atoms with van der Waals surface area (Å²) in [6.45, 7) is 1.50. The van der Waals surface area contributed by atoms with E-state index in [1.165, 1.54) is 12.8 Å². The molecule has 1 amide bonds. The van der Waals surface area contributed by atoms with Gasteiger partial charge in [0.1, 0.15) is 6.67 Å². The molecule has 142 valence electrons. The van der Waals surface area contributed by atoms with Crippen LogP contribution in [0.3, 0.4) is 0 Å². The van der Waals surface area contributed by atoms with Crippen LogP contribution in [0.15, 0.2) is 48.5 Å². The van der Waals surface area contributed by atoms with Crippen molar-refractivity contribution in [2.45, 2.75) is 38.0 Å². The van der Waals surface area contributed by atoms with Gasteiger partial charge in [0, 0.05) is 11.6 Å². The third kappa shape index (κ3) is 3.74. The van der Waals surface area contributed by atoms with Crippen LogP contribution in [-0.4, -0.2) is 29.9 Å². The minimum atomic E-state index is -0.680. The molecule has 3 heterocycles.